The van der Waals surface area contributed by atoms with Gasteiger partial charge in [-0.15, -0.1) is 12.4 Å². The van der Waals surface area contributed by atoms with Gasteiger partial charge in [-0.3, -0.25) is 4.79 Å². The molecule has 1 aliphatic heterocycles. The fraction of sp³-hybridized carbons (Fsp3) is 0.611. The van der Waals surface area contributed by atoms with Crippen molar-refractivity contribution < 1.29 is 22.7 Å². The molecule has 1 heterocycles. The molecule has 10 heteroatoms. The summed E-state index contributed by atoms with van der Waals surface area (Å²) in [4.78, 5) is 12.4. The topological polar surface area (TPSA) is 120 Å². The van der Waals surface area contributed by atoms with Gasteiger partial charge in [-0.25, -0.2) is 8.42 Å². The van der Waals surface area contributed by atoms with E-state index in [9.17, 15) is 13.2 Å². The van der Waals surface area contributed by atoms with Crippen LogP contribution in [-0.4, -0.2) is 46.2 Å². The minimum absolute atomic E-state index is 0. The number of carbonyl (C=O) groups excluding carboxylic acids is 1. The van der Waals surface area contributed by atoms with E-state index in [1.54, 1.807) is 6.07 Å². The zero-order chi connectivity index (χ0) is 20.0. The van der Waals surface area contributed by atoms with E-state index in [0.29, 0.717) is 37.2 Å². The van der Waals surface area contributed by atoms with Gasteiger partial charge in [-0.2, -0.15) is 4.72 Å². The minimum atomic E-state index is -3.89. The number of benzene rings is 1. The van der Waals surface area contributed by atoms with Crippen LogP contribution < -0.4 is 25.2 Å². The maximum Gasteiger partial charge on any atom is 0.241 e. The predicted molar refractivity (Wildman–Crippen MR) is 110 cm³/mol. The number of carbonyl (C=O) groups is 1. The number of halogens is 1. The first-order valence-electron chi connectivity index (χ1n) is 9.15. The van der Waals surface area contributed by atoms with Crippen molar-refractivity contribution in [3.63, 3.8) is 0 Å². The molecule has 1 aromatic carbocycles. The molecule has 2 rings (SSSR count). The molecule has 0 fully saturated rings. The van der Waals surface area contributed by atoms with Crippen molar-refractivity contribution in [3.8, 4) is 11.5 Å². The maximum atomic E-state index is 12.6. The third-order valence-corrected chi connectivity index (χ3v) is 5.68. The Bertz CT molecular complexity index is 758. The largest absolute Gasteiger partial charge is 0.490 e. The molecule has 4 N–H and O–H groups in total. The first kappa shape index (κ1) is 24.5. The molecule has 0 aromatic heterocycles. The lowest BCUT2D eigenvalue weighted by molar-refractivity contribution is -0.123. The number of hydrogen-bond donors (Lipinski definition) is 3. The molecule has 0 radical (unpaired) electrons. The van der Waals surface area contributed by atoms with Crippen molar-refractivity contribution in [3.05, 3.63) is 18.2 Å². The fourth-order valence-electron chi connectivity index (χ4n) is 2.77. The molecule has 1 amide bonds. The number of amides is 1. The minimum Gasteiger partial charge on any atom is -0.490 e. The molecule has 160 valence electrons. The van der Waals surface area contributed by atoms with Gasteiger partial charge in [0.15, 0.2) is 11.5 Å². The average Bonchev–Trinajstić information content (AvgIpc) is 2.84. The third-order valence-electron chi connectivity index (χ3n) is 4.14. The first-order chi connectivity index (χ1) is 12.7. The van der Waals surface area contributed by atoms with E-state index in [1.807, 2.05) is 13.8 Å². The van der Waals surface area contributed by atoms with Crippen LogP contribution in [0, 0.1) is 5.92 Å². The van der Waals surface area contributed by atoms with Crippen LogP contribution in [0.25, 0.3) is 0 Å². The standard InChI is InChI=1S/C18H29N3O5S.ClH/c1-12(2)9-14(11-19)20-18(22)13(3)21-27(23,24)15-5-6-16-17(10-15)26-8-4-7-25-16;/h5-6,10,12-14,21H,4,7-9,11,19H2,1-3H3,(H,20,22);1H. The molecular weight excluding hydrogens is 406 g/mol. The molecule has 2 unspecified atom stereocenters. The van der Waals surface area contributed by atoms with E-state index >= 15 is 0 Å². The molecule has 1 aliphatic rings. The van der Waals surface area contributed by atoms with Crippen molar-refractivity contribution in [1.82, 2.24) is 10.0 Å². The highest BCUT2D eigenvalue weighted by Gasteiger charge is 2.25. The van der Waals surface area contributed by atoms with Gasteiger partial charge in [0.25, 0.3) is 0 Å². The summed E-state index contributed by atoms with van der Waals surface area (Å²) >= 11 is 0. The quantitative estimate of drug-likeness (QED) is 0.568. The molecule has 0 bridgehead atoms. The van der Waals surface area contributed by atoms with E-state index in [0.717, 1.165) is 12.8 Å². The Kier molecular flexibility index (Phi) is 9.49. The molecule has 0 aliphatic carbocycles. The van der Waals surface area contributed by atoms with E-state index in [2.05, 4.69) is 10.0 Å². The normalized spacial score (nSPS) is 15.9. The molecule has 8 nitrogen and oxygen atoms in total. The number of sulfonamides is 1. The Morgan fingerprint density at radius 3 is 2.43 bits per heavy atom. The molecule has 0 saturated heterocycles. The monoisotopic (exact) mass is 435 g/mol. The summed E-state index contributed by atoms with van der Waals surface area (Å²) in [7, 11) is -3.89. The summed E-state index contributed by atoms with van der Waals surface area (Å²) in [6.07, 6.45) is 1.45. The molecule has 0 spiro atoms. The lowest BCUT2D eigenvalue weighted by Crippen LogP contribution is -2.50. The zero-order valence-corrected chi connectivity index (χ0v) is 18.1. The van der Waals surface area contributed by atoms with Crippen molar-refractivity contribution in [2.24, 2.45) is 11.7 Å². The average molecular weight is 436 g/mol. The van der Waals surface area contributed by atoms with Gasteiger partial charge in [0.05, 0.1) is 24.2 Å². The second kappa shape index (κ2) is 10.8. The molecule has 0 saturated carbocycles. The van der Waals surface area contributed by atoms with Crippen molar-refractivity contribution in [1.29, 1.82) is 0 Å². The summed E-state index contributed by atoms with van der Waals surface area (Å²) in [5.74, 6) is 0.848. The Balaban J connectivity index is 0.00000392. The lowest BCUT2D eigenvalue weighted by atomic mass is 10.0. The first-order valence-corrected chi connectivity index (χ1v) is 10.6. The lowest BCUT2D eigenvalue weighted by Gasteiger charge is -2.22. The van der Waals surface area contributed by atoms with Crippen LogP contribution >= 0.6 is 12.4 Å². The van der Waals surface area contributed by atoms with Crippen molar-refractivity contribution in [2.75, 3.05) is 19.8 Å². The summed E-state index contributed by atoms with van der Waals surface area (Å²) in [6, 6.07) is 3.28. The zero-order valence-electron chi connectivity index (χ0n) is 16.4. The maximum absolute atomic E-state index is 12.6. The predicted octanol–water partition coefficient (Wildman–Crippen LogP) is 1.43. The SMILES string of the molecule is CC(C)CC(CN)NC(=O)C(C)NS(=O)(=O)c1ccc2c(c1)OCCCO2.Cl. The van der Waals surface area contributed by atoms with Gasteiger partial charge in [-0.05, 0) is 31.4 Å². The second-order valence-electron chi connectivity index (χ2n) is 7.07. The van der Waals surface area contributed by atoms with E-state index in [4.69, 9.17) is 15.2 Å². The Morgan fingerprint density at radius 1 is 1.18 bits per heavy atom. The Labute approximate surface area is 173 Å². The van der Waals surface area contributed by atoms with E-state index in [-0.39, 0.29) is 23.3 Å². The number of ether oxygens (including phenoxy) is 2. The molecule has 1 aromatic rings. The number of nitrogens with two attached hydrogens (primary N) is 1. The number of rotatable bonds is 8. The molecule has 2 atom stereocenters. The number of fused-ring (bicyclic) bond motifs is 1. The van der Waals surface area contributed by atoms with Crippen molar-refractivity contribution in [2.45, 2.75) is 50.6 Å². The highest BCUT2D eigenvalue weighted by atomic mass is 35.5. The van der Waals surface area contributed by atoms with E-state index in [1.165, 1.54) is 19.1 Å². The summed E-state index contributed by atoms with van der Waals surface area (Å²) in [6.45, 7) is 6.84. The molecule has 28 heavy (non-hydrogen) atoms. The van der Waals surface area contributed by atoms with Crippen LogP contribution in [0.4, 0.5) is 0 Å². The van der Waals surface area contributed by atoms with Gasteiger partial charge in [0.2, 0.25) is 15.9 Å². The smallest absolute Gasteiger partial charge is 0.241 e. The van der Waals surface area contributed by atoms with Crippen LogP contribution in [-0.2, 0) is 14.8 Å². The summed E-state index contributed by atoms with van der Waals surface area (Å²) < 4.78 is 38.7. The van der Waals surface area contributed by atoms with Gasteiger partial charge in [0, 0.05) is 25.1 Å². The van der Waals surface area contributed by atoms with Gasteiger partial charge >= 0.3 is 0 Å². The van der Waals surface area contributed by atoms with Crippen molar-refractivity contribution >= 4 is 28.3 Å². The van der Waals surface area contributed by atoms with E-state index < -0.39 is 22.0 Å². The summed E-state index contributed by atoms with van der Waals surface area (Å²) in [5, 5.41) is 2.79. The van der Waals surface area contributed by atoms with Crippen LogP contribution in [0.15, 0.2) is 23.1 Å². The Morgan fingerprint density at radius 2 is 1.82 bits per heavy atom. The summed E-state index contributed by atoms with van der Waals surface area (Å²) in [5.41, 5.74) is 5.69. The van der Waals surface area contributed by atoms with Crippen LogP contribution in [0.1, 0.15) is 33.6 Å². The highest BCUT2D eigenvalue weighted by Crippen LogP contribution is 2.31. The second-order valence-corrected chi connectivity index (χ2v) is 8.79. The van der Waals surface area contributed by atoms with Crippen LogP contribution in [0.3, 0.4) is 0 Å². The van der Waals surface area contributed by atoms with Gasteiger partial charge in [0.1, 0.15) is 0 Å². The van der Waals surface area contributed by atoms with Crippen LogP contribution in [0.5, 0.6) is 11.5 Å². The highest BCUT2D eigenvalue weighted by molar-refractivity contribution is 7.89. The molecular formula is C18H30ClN3O5S. The third kappa shape index (κ3) is 6.80. The Hall–Kier alpha value is -1.55. The fourth-order valence-corrected chi connectivity index (χ4v) is 3.99. The number of nitrogens with one attached hydrogen (secondary N) is 2. The number of hydrogen-bond acceptors (Lipinski definition) is 6. The van der Waals surface area contributed by atoms with Crippen LogP contribution in [0.2, 0.25) is 0 Å². The van der Waals surface area contributed by atoms with Gasteiger partial charge < -0.3 is 20.5 Å². The van der Waals surface area contributed by atoms with Gasteiger partial charge in [-0.1, -0.05) is 13.8 Å².